The van der Waals surface area contributed by atoms with E-state index in [1.165, 1.54) is 0 Å². The molecule has 0 fully saturated rings. The Morgan fingerprint density at radius 1 is 1.65 bits per heavy atom. The molecule has 17 heavy (non-hydrogen) atoms. The van der Waals surface area contributed by atoms with Crippen LogP contribution in [0.1, 0.15) is 18.6 Å². The maximum absolute atomic E-state index is 9.97. The molecule has 0 saturated carbocycles. The molecule has 1 aromatic carbocycles. The fourth-order valence-corrected chi connectivity index (χ4v) is 1.88. The minimum absolute atomic E-state index is 0.362. The van der Waals surface area contributed by atoms with Gasteiger partial charge in [0.2, 0.25) is 0 Å². The fraction of sp³-hybridized carbons (Fsp3) is 0.417. The smallest absolute Gasteiger partial charge is 0.191 e. The zero-order valence-electron chi connectivity index (χ0n) is 9.65. The first-order valence-corrected chi connectivity index (χ1v) is 6.01. The second kappa shape index (κ2) is 5.38. The van der Waals surface area contributed by atoms with E-state index in [1.54, 1.807) is 12.1 Å². The van der Waals surface area contributed by atoms with E-state index >= 15 is 0 Å². The van der Waals surface area contributed by atoms with Crippen molar-refractivity contribution < 1.29 is 5.11 Å². The summed E-state index contributed by atoms with van der Waals surface area (Å²) in [7, 11) is 0. The van der Waals surface area contributed by atoms with Gasteiger partial charge in [0, 0.05) is 17.6 Å². The van der Waals surface area contributed by atoms with Gasteiger partial charge >= 0.3 is 0 Å². The van der Waals surface area contributed by atoms with Crippen LogP contribution in [0.5, 0.6) is 0 Å². The predicted molar refractivity (Wildman–Crippen MR) is 69.3 cm³/mol. The van der Waals surface area contributed by atoms with E-state index in [0.29, 0.717) is 17.6 Å². The number of nitrogens with one attached hydrogen (secondary N) is 2. The van der Waals surface area contributed by atoms with Gasteiger partial charge in [0.05, 0.1) is 12.6 Å². The molecule has 2 atom stereocenters. The summed E-state index contributed by atoms with van der Waals surface area (Å²) >= 11 is 5.87. The second-order valence-electron chi connectivity index (χ2n) is 4.19. The van der Waals surface area contributed by atoms with Crippen LogP contribution in [0.2, 0.25) is 5.02 Å². The van der Waals surface area contributed by atoms with Crippen LogP contribution in [0, 0.1) is 0 Å². The summed E-state index contributed by atoms with van der Waals surface area (Å²) in [4.78, 5) is 4.26. The Balaban J connectivity index is 1.87. The summed E-state index contributed by atoms with van der Waals surface area (Å²) in [6.07, 6.45) is -0.589. The van der Waals surface area contributed by atoms with Gasteiger partial charge < -0.3 is 15.7 Å². The number of aliphatic hydroxyl groups is 1. The van der Waals surface area contributed by atoms with E-state index in [0.717, 1.165) is 18.1 Å². The maximum atomic E-state index is 9.97. The molecule has 0 amide bonds. The molecular weight excluding hydrogens is 238 g/mol. The standard InChI is InChI=1S/C12H16ClN3O/c1-8-6-14-12(16-8)15-7-11(17)9-3-2-4-10(13)5-9/h2-5,8,11,17H,6-7H2,1H3,(H2,14,15,16)/t8?,11-/m1/s1. The van der Waals surface area contributed by atoms with Gasteiger partial charge in [0.1, 0.15) is 0 Å². The van der Waals surface area contributed by atoms with Crippen molar-refractivity contribution in [2.24, 2.45) is 4.99 Å². The number of halogens is 1. The second-order valence-corrected chi connectivity index (χ2v) is 4.62. The molecule has 0 spiro atoms. The van der Waals surface area contributed by atoms with Crippen LogP contribution in [0.15, 0.2) is 29.3 Å². The summed E-state index contributed by atoms with van der Waals surface area (Å²) in [5.41, 5.74) is 0.802. The molecule has 0 radical (unpaired) electrons. The van der Waals surface area contributed by atoms with Gasteiger partial charge in [-0.25, -0.2) is 0 Å². The molecule has 0 aliphatic carbocycles. The number of rotatable bonds is 3. The van der Waals surface area contributed by atoms with Crippen molar-refractivity contribution in [2.45, 2.75) is 19.1 Å². The molecule has 2 rings (SSSR count). The molecule has 92 valence electrons. The van der Waals surface area contributed by atoms with E-state index in [9.17, 15) is 5.11 Å². The molecular formula is C12H16ClN3O. The molecule has 1 heterocycles. The van der Waals surface area contributed by atoms with Crippen LogP contribution >= 0.6 is 11.6 Å². The Hall–Kier alpha value is -1.26. The highest BCUT2D eigenvalue weighted by Gasteiger charge is 2.14. The van der Waals surface area contributed by atoms with Crippen LogP contribution < -0.4 is 10.6 Å². The third-order valence-electron chi connectivity index (χ3n) is 2.60. The summed E-state index contributed by atoms with van der Waals surface area (Å²) in [5.74, 6) is 0.749. The highest BCUT2D eigenvalue weighted by atomic mass is 35.5. The van der Waals surface area contributed by atoms with Gasteiger partial charge in [-0.2, -0.15) is 0 Å². The molecule has 1 aliphatic heterocycles. The molecule has 3 N–H and O–H groups in total. The minimum atomic E-state index is -0.589. The van der Waals surface area contributed by atoms with Crippen molar-refractivity contribution in [2.75, 3.05) is 13.1 Å². The number of hydrogen-bond donors (Lipinski definition) is 3. The quantitative estimate of drug-likeness (QED) is 0.761. The van der Waals surface area contributed by atoms with E-state index < -0.39 is 6.10 Å². The first-order valence-electron chi connectivity index (χ1n) is 5.63. The summed E-state index contributed by atoms with van der Waals surface area (Å²) in [6, 6.07) is 7.59. The van der Waals surface area contributed by atoms with E-state index in [2.05, 4.69) is 22.5 Å². The Morgan fingerprint density at radius 3 is 3.12 bits per heavy atom. The van der Waals surface area contributed by atoms with Gasteiger partial charge in [-0.3, -0.25) is 4.99 Å². The lowest BCUT2D eigenvalue weighted by molar-refractivity contribution is 0.181. The van der Waals surface area contributed by atoms with Crippen LogP contribution in [0.4, 0.5) is 0 Å². The van der Waals surface area contributed by atoms with Crippen molar-refractivity contribution in [1.29, 1.82) is 0 Å². The summed E-state index contributed by atoms with van der Waals surface area (Å²) in [6.45, 7) is 3.25. The molecule has 0 bridgehead atoms. The van der Waals surface area contributed by atoms with Gasteiger partial charge in [0.25, 0.3) is 0 Å². The summed E-state index contributed by atoms with van der Waals surface area (Å²) in [5, 5.41) is 16.8. The summed E-state index contributed by atoms with van der Waals surface area (Å²) < 4.78 is 0. The average molecular weight is 254 g/mol. The molecule has 1 aliphatic rings. The lowest BCUT2D eigenvalue weighted by Crippen LogP contribution is -2.39. The van der Waals surface area contributed by atoms with Crippen molar-refractivity contribution in [3.8, 4) is 0 Å². The Bertz CT molecular complexity index is 422. The molecule has 0 aromatic heterocycles. The van der Waals surface area contributed by atoms with Gasteiger partial charge in [-0.15, -0.1) is 0 Å². The topological polar surface area (TPSA) is 56.7 Å². The van der Waals surface area contributed by atoms with Crippen LogP contribution in [-0.4, -0.2) is 30.2 Å². The lowest BCUT2D eigenvalue weighted by atomic mass is 10.1. The van der Waals surface area contributed by atoms with E-state index in [1.807, 2.05) is 12.1 Å². The number of aliphatic imine (C=N–C) groups is 1. The molecule has 1 unspecified atom stereocenters. The largest absolute Gasteiger partial charge is 0.387 e. The number of guanidine groups is 1. The number of benzene rings is 1. The third-order valence-corrected chi connectivity index (χ3v) is 2.84. The molecule has 4 nitrogen and oxygen atoms in total. The molecule has 5 heteroatoms. The van der Waals surface area contributed by atoms with Gasteiger partial charge in [0.15, 0.2) is 5.96 Å². The normalized spacial score (nSPS) is 20.6. The lowest BCUT2D eigenvalue weighted by Gasteiger charge is -2.14. The number of hydrogen-bond acceptors (Lipinski definition) is 4. The number of nitrogens with zero attached hydrogens (tertiary/aromatic N) is 1. The van der Waals surface area contributed by atoms with Crippen LogP contribution in [0.25, 0.3) is 0 Å². The fourth-order valence-electron chi connectivity index (χ4n) is 1.68. The monoisotopic (exact) mass is 253 g/mol. The van der Waals surface area contributed by atoms with Crippen molar-refractivity contribution in [3.05, 3.63) is 34.9 Å². The van der Waals surface area contributed by atoms with Crippen molar-refractivity contribution >= 4 is 17.6 Å². The Kier molecular flexibility index (Phi) is 3.86. The minimum Gasteiger partial charge on any atom is -0.387 e. The van der Waals surface area contributed by atoms with Crippen molar-refractivity contribution in [3.63, 3.8) is 0 Å². The highest BCUT2D eigenvalue weighted by molar-refractivity contribution is 6.30. The van der Waals surface area contributed by atoms with Gasteiger partial charge in [-0.1, -0.05) is 23.7 Å². The zero-order valence-corrected chi connectivity index (χ0v) is 10.4. The Labute approximate surface area is 106 Å². The van der Waals surface area contributed by atoms with E-state index in [4.69, 9.17) is 11.6 Å². The zero-order chi connectivity index (χ0) is 12.3. The Morgan fingerprint density at radius 2 is 2.47 bits per heavy atom. The first-order chi connectivity index (χ1) is 8.15. The first kappa shape index (κ1) is 12.2. The molecule has 1 aromatic rings. The third kappa shape index (κ3) is 3.35. The maximum Gasteiger partial charge on any atom is 0.191 e. The van der Waals surface area contributed by atoms with Crippen LogP contribution in [0.3, 0.4) is 0 Å². The highest BCUT2D eigenvalue weighted by Crippen LogP contribution is 2.16. The van der Waals surface area contributed by atoms with Crippen molar-refractivity contribution in [1.82, 2.24) is 10.6 Å². The number of aliphatic hydroxyl groups excluding tert-OH is 1. The van der Waals surface area contributed by atoms with E-state index in [-0.39, 0.29) is 0 Å². The SMILES string of the molecule is CC1CN=C(NC[C@@H](O)c2cccc(Cl)c2)N1. The predicted octanol–water partition coefficient (Wildman–Crippen LogP) is 1.31. The van der Waals surface area contributed by atoms with Crippen LogP contribution in [-0.2, 0) is 0 Å². The van der Waals surface area contributed by atoms with Gasteiger partial charge in [-0.05, 0) is 24.6 Å². The average Bonchev–Trinajstić information content (AvgIpc) is 2.72. The molecule has 0 saturated heterocycles.